The summed E-state index contributed by atoms with van der Waals surface area (Å²) >= 11 is 0. The Morgan fingerprint density at radius 1 is 1.35 bits per heavy atom. The molecule has 92 valence electrons. The number of benzene rings is 1. The van der Waals surface area contributed by atoms with Crippen LogP contribution in [0.1, 0.15) is 31.7 Å². The zero-order valence-corrected chi connectivity index (χ0v) is 10.7. The van der Waals surface area contributed by atoms with Crippen molar-refractivity contribution in [3.05, 3.63) is 35.9 Å². The summed E-state index contributed by atoms with van der Waals surface area (Å²) in [5.41, 5.74) is 0.729. The molecule has 1 atom stereocenters. The van der Waals surface area contributed by atoms with E-state index in [-0.39, 0.29) is 5.41 Å². The molecule has 0 bridgehead atoms. The lowest BCUT2D eigenvalue weighted by atomic mass is 9.82. The molecule has 0 heterocycles. The predicted octanol–water partition coefficient (Wildman–Crippen LogP) is 2.63. The number of carbonyl (C=O) groups is 1. The molecule has 2 rings (SSSR count). The third-order valence-corrected chi connectivity index (χ3v) is 3.97. The van der Waals surface area contributed by atoms with Crippen molar-refractivity contribution in [2.24, 2.45) is 0 Å². The van der Waals surface area contributed by atoms with Gasteiger partial charge in [-0.1, -0.05) is 36.8 Å². The van der Waals surface area contributed by atoms with Crippen LogP contribution in [0.4, 0.5) is 0 Å². The van der Waals surface area contributed by atoms with E-state index in [1.807, 2.05) is 37.3 Å². The molecule has 0 aliphatic heterocycles. The monoisotopic (exact) mass is 231 g/mol. The van der Waals surface area contributed by atoms with E-state index in [2.05, 4.69) is 11.9 Å². The Bertz CT molecular complexity index is 372. The number of aldehydes is 1. The van der Waals surface area contributed by atoms with Crippen LogP contribution in [-0.4, -0.2) is 30.8 Å². The van der Waals surface area contributed by atoms with Gasteiger partial charge in [-0.15, -0.1) is 0 Å². The van der Waals surface area contributed by atoms with E-state index in [1.165, 1.54) is 19.3 Å². The third kappa shape index (κ3) is 2.58. The fraction of sp³-hybridized carbons (Fsp3) is 0.533. The van der Waals surface area contributed by atoms with Crippen LogP contribution in [0.3, 0.4) is 0 Å². The summed E-state index contributed by atoms with van der Waals surface area (Å²) in [4.78, 5) is 13.8. The van der Waals surface area contributed by atoms with Crippen LogP contribution in [0.5, 0.6) is 0 Å². The molecule has 1 unspecified atom stereocenters. The molecule has 0 N–H and O–H groups in total. The lowest BCUT2D eigenvalue weighted by Gasteiger charge is -2.39. The Hall–Kier alpha value is -1.15. The minimum absolute atomic E-state index is 0.383. The van der Waals surface area contributed by atoms with E-state index in [1.54, 1.807) is 0 Å². The van der Waals surface area contributed by atoms with Gasteiger partial charge in [0.25, 0.3) is 0 Å². The van der Waals surface area contributed by atoms with Crippen molar-refractivity contribution in [1.82, 2.24) is 4.90 Å². The number of hydrogen-bond acceptors (Lipinski definition) is 2. The van der Waals surface area contributed by atoms with Crippen molar-refractivity contribution >= 4 is 6.29 Å². The molecule has 1 aromatic rings. The van der Waals surface area contributed by atoms with Gasteiger partial charge in [-0.25, -0.2) is 0 Å². The van der Waals surface area contributed by atoms with Crippen LogP contribution < -0.4 is 0 Å². The fourth-order valence-corrected chi connectivity index (χ4v) is 2.49. The lowest BCUT2D eigenvalue weighted by molar-refractivity contribution is -0.113. The van der Waals surface area contributed by atoms with Gasteiger partial charge in [0.05, 0.1) is 5.41 Å². The molecule has 1 aliphatic carbocycles. The number of likely N-dealkylation sites (N-methyl/N-ethyl adjacent to an activating group) is 1. The molecule has 2 heteroatoms. The molecule has 1 aliphatic rings. The Morgan fingerprint density at radius 2 is 2.00 bits per heavy atom. The smallest absolute Gasteiger partial charge is 0.131 e. The van der Waals surface area contributed by atoms with E-state index in [4.69, 9.17) is 0 Å². The number of nitrogens with zero attached hydrogens (tertiary/aromatic N) is 1. The van der Waals surface area contributed by atoms with Crippen LogP contribution >= 0.6 is 0 Å². The summed E-state index contributed by atoms with van der Waals surface area (Å²) in [6.45, 7) is 2.84. The van der Waals surface area contributed by atoms with Gasteiger partial charge in [0.15, 0.2) is 0 Å². The highest BCUT2D eigenvalue weighted by atomic mass is 16.1. The van der Waals surface area contributed by atoms with Gasteiger partial charge < -0.3 is 9.69 Å². The molecule has 0 amide bonds. The van der Waals surface area contributed by atoms with Gasteiger partial charge in [-0.05, 0) is 32.4 Å². The van der Waals surface area contributed by atoms with Crippen LogP contribution in [0.25, 0.3) is 0 Å². The molecular formula is C15H21NO. The molecule has 0 spiro atoms. The number of hydrogen-bond donors (Lipinski definition) is 0. The van der Waals surface area contributed by atoms with Gasteiger partial charge in [-0.2, -0.15) is 0 Å². The topological polar surface area (TPSA) is 20.3 Å². The van der Waals surface area contributed by atoms with Crippen LogP contribution in [0.2, 0.25) is 0 Å². The first-order chi connectivity index (χ1) is 8.15. The zero-order valence-electron chi connectivity index (χ0n) is 10.7. The summed E-state index contributed by atoms with van der Waals surface area (Å²) in [5.74, 6) is 0. The summed E-state index contributed by atoms with van der Waals surface area (Å²) < 4.78 is 0. The maximum atomic E-state index is 11.5. The van der Waals surface area contributed by atoms with E-state index < -0.39 is 0 Å². The van der Waals surface area contributed by atoms with Crippen LogP contribution in [0, 0.1) is 0 Å². The first-order valence-electron chi connectivity index (χ1n) is 6.38. The van der Waals surface area contributed by atoms with E-state index in [9.17, 15) is 4.79 Å². The minimum atomic E-state index is -0.383. The molecule has 17 heavy (non-hydrogen) atoms. The Balaban J connectivity index is 2.11. The molecule has 0 saturated heterocycles. The molecule has 1 aromatic carbocycles. The van der Waals surface area contributed by atoms with Crippen molar-refractivity contribution in [2.75, 3.05) is 13.6 Å². The second-order valence-electron chi connectivity index (χ2n) is 5.40. The Kier molecular flexibility index (Phi) is 3.63. The van der Waals surface area contributed by atoms with E-state index in [0.717, 1.165) is 18.4 Å². The maximum Gasteiger partial charge on any atom is 0.131 e. The highest BCUT2D eigenvalue weighted by Gasteiger charge is 2.31. The molecular weight excluding hydrogens is 210 g/mol. The zero-order chi connectivity index (χ0) is 12.3. The summed E-state index contributed by atoms with van der Waals surface area (Å²) in [6.07, 6.45) is 4.98. The van der Waals surface area contributed by atoms with Gasteiger partial charge in [-0.3, -0.25) is 0 Å². The van der Waals surface area contributed by atoms with Crippen molar-refractivity contribution in [3.8, 4) is 0 Å². The normalized spacial score (nSPS) is 19.7. The quantitative estimate of drug-likeness (QED) is 0.726. The summed E-state index contributed by atoms with van der Waals surface area (Å²) in [7, 11) is 2.13. The molecule has 0 radical (unpaired) electrons. The maximum absolute atomic E-state index is 11.5. The lowest BCUT2D eigenvalue weighted by Crippen LogP contribution is -2.45. The molecule has 0 aromatic heterocycles. The highest BCUT2D eigenvalue weighted by Crippen LogP contribution is 2.28. The van der Waals surface area contributed by atoms with Crippen molar-refractivity contribution in [3.63, 3.8) is 0 Å². The number of rotatable bonds is 5. The average Bonchev–Trinajstić information content (AvgIpc) is 2.27. The third-order valence-electron chi connectivity index (χ3n) is 3.97. The minimum Gasteiger partial charge on any atom is -0.302 e. The van der Waals surface area contributed by atoms with Gasteiger partial charge in [0.1, 0.15) is 6.29 Å². The summed E-state index contributed by atoms with van der Waals surface area (Å²) in [6, 6.07) is 10.8. The van der Waals surface area contributed by atoms with E-state index >= 15 is 0 Å². The van der Waals surface area contributed by atoms with Gasteiger partial charge in [0, 0.05) is 12.6 Å². The molecule has 1 fully saturated rings. The first kappa shape index (κ1) is 12.3. The second-order valence-corrected chi connectivity index (χ2v) is 5.40. The highest BCUT2D eigenvalue weighted by molar-refractivity contribution is 5.68. The Labute approximate surface area is 104 Å². The predicted molar refractivity (Wildman–Crippen MR) is 70.1 cm³/mol. The Morgan fingerprint density at radius 3 is 2.47 bits per heavy atom. The number of carbonyl (C=O) groups excluding carboxylic acids is 1. The fourth-order valence-electron chi connectivity index (χ4n) is 2.49. The van der Waals surface area contributed by atoms with Crippen LogP contribution in [0.15, 0.2) is 30.3 Å². The SMILES string of the molecule is CN(CC(C)(C=O)c1ccccc1)C1CCC1. The van der Waals surface area contributed by atoms with Gasteiger partial charge >= 0.3 is 0 Å². The first-order valence-corrected chi connectivity index (χ1v) is 6.38. The summed E-state index contributed by atoms with van der Waals surface area (Å²) in [5, 5.41) is 0. The van der Waals surface area contributed by atoms with Crippen molar-refractivity contribution < 1.29 is 4.79 Å². The van der Waals surface area contributed by atoms with Gasteiger partial charge in [0.2, 0.25) is 0 Å². The second kappa shape index (κ2) is 5.01. The molecule has 1 saturated carbocycles. The van der Waals surface area contributed by atoms with Crippen LogP contribution in [-0.2, 0) is 10.2 Å². The average molecular weight is 231 g/mol. The molecule has 2 nitrogen and oxygen atoms in total. The van der Waals surface area contributed by atoms with Crippen molar-refractivity contribution in [2.45, 2.75) is 37.6 Å². The largest absolute Gasteiger partial charge is 0.302 e. The van der Waals surface area contributed by atoms with Crippen molar-refractivity contribution in [1.29, 1.82) is 0 Å². The standard InChI is InChI=1S/C15H21NO/c1-15(12-17,13-7-4-3-5-8-13)11-16(2)14-9-6-10-14/h3-5,7-8,12,14H,6,9-11H2,1-2H3. The van der Waals surface area contributed by atoms with E-state index in [0.29, 0.717) is 6.04 Å².